The van der Waals surface area contributed by atoms with Crippen LogP contribution in [0.3, 0.4) is 0 Å². The van der Waals surface area contributed by atoms with Crippen LogP contribution >= 0.6 is 0 Å². The highest BCUT2D eigenvalue weighted by molar-refractivity contribution is 5.81. The van der Waals surface area contributed by atoms with Gasteiger partial charge in [0.25, 0.3) is 5.69 Å². The van der Waals surface area contributed by atoms with E-state index in [1.807, 2.05) is 19.9 Å². The van der Waals surface area contributed by atoms with E-state index >= 15 is 0 Å². The van der Waals surface area contributed by atoms with Crippen LogP contribution in [-0.4, -0.2) is 35.4 Å². The van der Waals surface area contributed by atoms with Gasteiger partial charge in [-0.05, 0) is 26.3 Å². The molecule has 0 saturated carbocycles. The van der Waals surface area contributed by atoms with Crippen LogP contribution in [0.25, 0.3) is 0 Å². The van der Waals surface area contributed by atoms with Crippen LogP contribution in [-0.2, 0) is 4.79 Å². The summed E-state index contributed by atoms with van der Waals surface area (Å²) in [5.74, 6) is 0.00443. The highest BCUT2D eigenvalue weighted by atomic mass is 16.6. The first-order valence-corrected chi connectivity index (χ1v) is 6.62. The van der Waals surface area contributed by atoms with Gasteiger partial charge in [-0.1, -0.05) is 12.1 Å². The van der Waals surface area contributed by atoms with Crippen molar-refractivity contribution in [1.82, 2.24) is 10.2 Å². The molecule has 2 atom stereocenters. The first kappa shape index (κ1) is 16.1. The molecule has 6 nitrogen and oxygen atoms in total. The number of hydrogen-bond acceptors (Lipinski definition) is 4. The number of nitrogens with zero attached hydrogens (tertiary/aromatic N) is 2. The largest absolute Gasteiger partial charge is 0.345 e. The number of non-ortho nitro benzene ring substituents is 1. The van der Waals surface area contributed by atoms with E-state index in [0.717, 1.165) is 5.56 Å². The second-order valence-corrected chi connectivity index (χ2v) is 4.81. The number of benzene rings is 1. The van der Waals surface area contributed by atoms with Crippen molar-refractivity contribution in [3.05, 3.63) is 39.9 Å². The van der Waals surface area contributed by atoms with Gasteiger partial charge in [0.2, 0.25) is 5.91 Å². The van der Waals surface area contributed by atoms with Gasteiger partial charge in [0, 0.05) is 31.8 Å². The van der Waals surface area contributed by atoms with E-state index in [0.29, 0.717) is 6.54 Å². The van der Waals surface area contributed by atoms with Gasteiger partial charge in [0.05, 0.1) is 11.0 Å². The standard InChI is InChI=1S/C14H21N3O3/c1-5-16(4)14(18)11(3)15-10(2)12-7-6-8-13(9-12)17(19)20/h6-11,15H,5H2,1-4H3. The predicted octanol–water partition coefficient (Wildman–Crippen LogP) is 2.11. The van der Waals surface area contributed by atoms with Gasteiger partial charge in [-0.2, -0.15) is 0 Å². The maximum Gasteiger partial charge on any atom is 0.269 e. The van der Waals surface area contributed by atoms with Crippen LogP contribution in [0.1, 0.15) is 32.4 Å². The highest BCUT2D eigenvalue weighted by Gasteiger charge is 2.19. The molecule has 0 aliphatic rings. The molecule has 110 valence electrons. The SMILES string of the molecule is CCN(C)C(=O)C(C)NC(C)c1cccc([N+](=O)[O-])c1. The Morgan fingerprint density at radius 2 is 2.10 bits per heavy atom. The van der Waals surface area contributed by atoms with Crippen LogP contribution < -0.4 is 5.32 Å². The van der Waals surface area contributed by atoms with Crippen molar-refractivity contribution in [3.8, 4) is 0 Å². The normalized spacial score (nSPS) is 13.6. The molecule has 1 aromatic rings. The predicted molar refractivity (Wildman–Crippen MR) is 77.4 cm³/mol. The summed E-state index contributed by atoms with van der Waals surface area (Å²) in [6, 6.07) is 5.96. The summed E-state index contributed by atoms with van der Waals surface area (Å²) in [4.78, 5) is 23.9. The molecule has 0 bridgehead atoms. The zero-order chi connectivity index (χ0) is 15.3. The Kier molecular flexibility index (Phi) is 5.64. The number of carbonyl (C=O) groups excluding carboxylic acids is 1. The maximum atomic E-state index is 12.0. The van der Waals surface area contributed by atoms with Gasteiger partial charge < -0.3 is 4.90 Å². The summed E-state index contributed by atoms with van der Waals surface area (Å²) in [5, 5.41) is 13.9. The van der Waals surface area contributed by atoms with Crippen LogP contribution in [0.4, 0.5) is 5.69 Å². The number of amides is 1. The van der Waals surface area contributed by atoms with Gasteiger partial charge in [-0.15, -0.1) is 0 Å². The molecule has 0 aliphatic heterocycles. The number of rotatable bonds is 6. The minimum atomic E-state index is -0.421. The van der Waals surface area contributed by atoms with Gasteiger partial charge in [0.15, 0.2) is 0 Å². The number of nitro groups is 1. The molecule has 1 amide bonds. The van der Waals surface area contributed by atoms with E-state index in [1.165, 1.54) is 12.1 Å². The van der Waals surface area contributed by atoms with Gasteiger partial charge in [-0.3, -0.25) is 20.2 Å². The average Bonchev–Trinajstić information content (AvgIpc) is 2.45. The lowest BCUT2D eigenvalue weighted by molar-refractivity contribution is -0.384. The molecule has 0 aliphatic carbocycles. The summed E-state index contributed by atoms with van der Waals surface area (Å²) in [7, 11) is 1.75. The summed E-state index contributed by atoms with van der Waals surface area (Å²) in [6.07, 6.45) is 0. The van der Waals surface area contributed by atoms with E-state index in [1.54, 1.807) is 24.9 Å². The molecule has 1 N–H and O–H groups in total. The molecule has 20 heavy (non-hydrogen) atoms. The van der Waals surface area contributed by atoms with Crippen molar-refractivity contribution in [2.45, 2.75) is 32.9 Å². The van der Waals surface area contributed by atoms with Gasteiger partial charge >= 0.3 is 0 Å². The molecule has 1 rings (SSSR count). The fraction of sp³-hybridized carbons (Fsp3) is 0.500. The second-order valence-electron chi connectivity index (χ2n) is 4.81. The molecule has 0 radical (unpaired) electrons. The Bertz CT molecular complexity index is 490. The molecule has 0 aromatic heterocycles. The van der Waals surface area contributed by atoms with Crippen molar-refractivity contribution in [1.29, 1.82) is 0 Å². The Labute approximate surface area is 118 Å². The summed E-state index contributed by atoms with van der Waals surface area (Å²) in [5.41, 5.74) is 0.846. The molecule has 0 saturated heterocycles. The lowest BCUT2D eigenvalue weighted by Gasteiger charge is -2.24. The van der Waals surface area contributed by atoms with Crippen molar-refractivity contribution in [2.24, 2.45) is 0 Å². The minimum absolute atomic E-state index is 0.00443. The van der Waals surface area contributed by atoms with Gasteiger partial charge in [0.1, 0.15) is 0 Å². The first-order chi connectivity index (χ1) is 9.36. The number of likely N-dealkylation sites (N-methyl/N-ethyl adjacent to an activating group) is 1. The second kappa shape index (κ2) is 7.00. The maximum absolute atomic E-state index is 12.0. The Morgan fingerprint density at radius 1 is 1.45 bits per heavy atom. The van der Waals surface area contributed by atoms with E-state index in [-0.39, 0.29) is 23.7 Å². The van der Waals surface area contributed by atoms with E-state index in [4.69, 9.17) is 0 Å². The Hall–Kier alpha value is -1.95. The topological polar surface area (TPSA) is 75.5 Å². The monoisotopic (exact) mass is 279 g/mol. The first-order valence-electron chi connectivity index (χ1n) is 6.62. The third-order valence-corrected chi connectivity index (χ3v) is 3.30. The van der Waals surface area contributed by atoms with Crippen LogP contribution in [0.2, 0.25) is 0 Å². The molecule has 1 aromatic carbocycles. The zero-order valence-electron chi connectivity index (χ0n) is 12.3. The number of nitrogens with one attached hydrogen (secondary N) is 1. The third-order valence-electron chi connectivity index (χ3n) is 3.30. The minimum Gasteiger partial charge on any atom is -0.345 e. The van der Waals surface area contributed by atoms with Crippen molar-refractivity contribution in [2.75, 3.05) is 13.6 Å². The molecule has 0 heterocycles. The van der Waals surface area contributed by atoms with Crippen molar-refractivity contribution in [3.63, 3.8) is 0 Å². The molecule has 2 unspecified atom stereocenters. The lowest BCUT2D eigenvalue weighted by atomic mass is 10.1. The molecule has 0 fully saturated rings. The Balaban J connectivity index is 2.76. The van der Waals surface area contributed by atoms with E-state index < -0.39 is 4.92 Å². The van der Waals surface area contributed by atoms with Gasteiger partial charge in [-0.25, -0.2) is 0 Å². The van der Waals surface area contributed by atoms with Crippen molar-refractivity contribution >= 4 is 11.6 Å². The number of carbonyl (C=O) groups is 1. The van der Waals surface area contributed by atoms with Crippen LogP contribution in [0.15, 0.2) is 24.3 Å². The third kappa shape index (κ3) is 4.03. The molecular formula is C14H21N3O3. The van der Waals surface area contributed by atoms with Crippen LogP contribution in [0, 0.1) is 10.1 Å². The quantitative estimate of drug-likeness (QED) is 0.639. The fourth-order valence-electron chi connectivity index (χ4n) is 1.94. The molecular weight excluding hydrogens is 258 g/mol. The fourth-order valence-corrected chi connectivity index (χ4v) is 1.94. The van der Waals surface area contributed by atoms with E-state index in [9.17, 15) is 14.9 Å². The molecule has 6 heteroatoms. The number of hydrogen-bond donors (Lipinski definition) is 1. The van der Waals surface area contributed by atoms with Crippen molar-refractivity contribution < 1.29 is 9.72 Å². The summed E-state index contributed by atoms with van der Waals surface area (Å²) < 4.78 is 0. The lowest BCUT2D eigenvalue weighted by Crippen LogP contribution is -2.43. The summed E-state index contributed by atoms with van der Waals surface area (Å²) in [6.45, 7) is 6.24. The Morgan fingerprint density at radius 3 is 2.65 bits per heavy atom. The highest BCUT2D eigenvalue weighted by Crippen LogP contribution is 2.19. The molecule has 0 spiro atoms. The van der Waals surface area contributed by atoms with Crippen LogP contribution in [0.5, 0.6) is 0 Å². The number of nitro benzene ring substituents is 1. The average molecular weight is 279 g/mol. The zero-order valence-corrected chi connectivity index (χ0v) is 12.3. The smallest absolute Gasteiger partial charge is 0.269 e. The van der Waals surface area contributed by atoms with E-state index in [2.05, 4.69) is 5.32 Å². The summed E-state index contributed by atoms with van der Waals surface area (Å²) >= 11 is 0.